The summed E-state index contributed by atoms with van der Waals surface area (Å²) in [4.78, 5) is 0. The van der Waals surface area contributed by atoms with E-state index in [0.717, 1.165) is 25.7 Å². The maximum atomic E-state index is 3.79. The molecule has 3 aromatic carbocycles. The number of hydrogen-bond donors (Lipinski definition) is 0. The normalized spacial score (nSPS) is 10.5. The van der Waals surface area contributed by atoms with Crippen LogP contribution in [0, 0.1) is 0 Å². The molecule has 0 heteroatoms. The minimum Gasteiger partial charge on any atom is -0.103 e. The maximum Gasteiger partial charge on any atom is -0.0184 e. The van der Waals surface area contributed by atoms with Crippen molar-refractivity contribution in [3.05, 3.63) is 109 Å². The Balaban J connectivity index is 1.71. The monoisotopic (exact) mass is 338 g/mol. The smallest absolute Gasteiger partial charge is 0.0184 e. The van der Waals surface area contributed by atoms with Crippen LogP contribution in [-0.2, 0) is 12.8 Å². The third kappa shape index (κ3) is 4.61. The van der Waals surface area contributed by atoms with Crippen LogP contribution < -0.4 is 0 Å². The molecule has 0 aromatic heterocycles. The van der Waals surface area contributed by atoms with Crippen molar-refractivity contribution in [2.24, 2.45) is 0 Å². The highest BCUT2D eigenvalue weighted by atomic mass is 14.1. The third-order valence-electron chi connectivity index (χ3n) is 4.73. The van der Waals surface area contributed by atoms with E-state index in [1.165, 1.54) is 33.4 Å². The molecule has 0 spiro atoms. The van der Waals surface area contributed by atoms with Gasteiger partial charge < -0.3 is 0 Å². The van der Waals surface area contributed by atoms with Crippen LogP contribution in [0.4, 0.5) is 0 Å². The molecular formula is C26H26. The van der Waals surface area contributed by atoms with Crippen molar-refractivity contribution in [1.82, 2.24) is 0 Å². The fourth-order valence-electron chi connectivity index (χ4n) is 3.12. The molecule has 3 rings (SSSR count). The van der Waals surface area contributed by atoms with Gasteiger partial charge in [-0.05, 0) is 59.1 Å². The molecule has 130 valence electrons. The van der Waals surface area contributed by atoms with E-state index in [9.17, 15) is 0 Å². The van der Waals surface area contributed by atoms with Crippen molar-refractivity contribution in [2.75, 3.05) is 0 Å². The summed E-state index contributed by atoms with van der Waals surface area (Å²) < 4.78 is 0. The standard InChI is InChI=1S/C26H26/c1-3-5-7-21-9-13-23(14-10-21)25-17-19-26(20-18-25)24-15-11-22(12-16-24)8-6-4-2/h3-4,9-20H,1-2,5-8H2. The summed E-state index contributed by atoms with van der Waals surface area (Å²) in [5.41, 5.74) is 7.76. The highest BCUT2D eigenvalue weighted by Gasteiger charge is 2.01. The Labute approximate surface area is 157 Å². The molecule has 0 atom stereocenters. The predicted octanol–water partition coefficient (Wildman–Crippen LogP) is 7.26. The average Bonchev–Trinajstić information content (AvgIpc) is 2.72. The molecule has 0 fully saturated rings. The van der Waals surface area contributed by atoms with Crippen LogP contribution in [0.5, 0.6) is 0 Å². The first-order valence-electron chi connectivity index (χ1n) is 9.30. The molecule has 0 radical (unpaired) electrons. The summed E-state index contributed by atoms with van der Waals surface area (Å²) in [5.74, 6) is 0. The summed E-state index contributed by atoms with van der Waals surface area (Å²) in [7, 11) is 0. The fourth-order valence-corrected chi connectivity index (χ4v) is 3.12. The minimum atomic E-state index is 1.03. The van der Waals surface area contributed by atoms with E-state index in [2.05, 4.69) is 86.0 Å². The Kier molecular flexibility index (Phi) is 6.22. The van der Waals surface area contributed by atoms with Gasteiger partial charge in [0.1, 0.15) is 0 Å². The topological polar surface area (TPSA) is 0 Å². The van der Waals surface area contributed by atoms with Crippen LogP contribution >= 0.6 is 0 Å². The zero-order valence-electron chi connectivity index (χ0n) is 15.3. The SMILES string of the molecule is C=CCCc1ccc(-c2ccc(-c3ccc(CCC=C)cc3)cc2)cc1. The lowest BCUT2D eigenvalue weighted by molar-refractivity contribution is 1.00. The summed E-state index contributed by atoms with van der Waals surface area (Å²) in [6.07, 6.45) is 8.12. The van der Waals surface area contributed by atoms with Gasteiger partial charge in [0.05, 0.1) is 0 Å². The van der Waals surface area contributed by atoms with E-state index >= 15 is 0 Å². The summed E-state index contributed by atoms with van der Waals surface area (Å²) >= 11 is 0. The van der Waals surface area contributed by atoms with Crippen molar-refractivity contribution >= 4 is 0 Å². The van der Waals surface area contributed by atoms with Crippen LogP contribution in [0.25, 0.3) is 22.3 Å². The van der Waals surface area contributed by atoms with Gasteiger partial charge in [0.15, 0.2) is 0 Å². The fraction of sp³-hybridized carbons (Fsp3) is 0.154. The molecule has 0 amide bonds. The van der Waals surface area contributed by atoms with E-state index in [4.69, 9.17) is 0 Å². The average molecular weight is 338 g/mol. The second-order valence-corrected chi connectivity index (χ2v) is 6.63. The summed E-state index contributed by atoms with van der Waals surface area (Å²) in [5, 5.41) is 0. The van der Waals surface area contributed by atoms with Crippen LogP contribution in [0.3, 0.4) is 0 Å². The molecular weight excluding hydrogens is 312 g/mol. The van der Waals surface area contributed by atoms with Crippen LogP contribution in [0.15, 0.2) is 98.1 Å². The quantitative estimate of drug-likeness (QED) is 0.379. The van der Waals surface area contributed by atoms with E-state index in [0.29, 0.717) is 0 Å². The Morgan fingerprint density at radius 2 is 0.731 bits per heavy atom. The minimum absolute atomic E-state index is 1.03. The second kappa shape index (κ2) is 9.01. The summed E-state index contributed by atoms with van der Waals surface area (Å²) in [6, 6.07) is 26.5. The van der Waals surface area contributed by atoms with Crippen LogP contribution in [-0.4, -0.2) is 0 Å². The van der Waals surface area contributed by atoms with Gasteiger partial charge in [-0.2, -0.15) is 0 Å². The maximum absolute atomic E-state index is 3.79. The van der Waals surface area contributed by atoms with Gasteiger partial charge in [-0.1, -0.05) is 84.9 Å². The number of allylic oxidation sites excluding steroid dienone is 2. The lowest BCUT2D eigenvalue weighted by Gasteiger charge is -2.07. The summed E-state index contributed by atoms with van der Waals surface area (Å²) in [6.45, 7) is 7.58. The van der Waals surface area contributed by atoms with E-state index in [1.54, 1.807) is 0 Å². The number of rotatable bonds is 8. The Morgan fingerprint density at radius 1 is 0.462 bits per heavy atom. The molecule has 0 aliphatic heterocycles. The van der Waals surface area contributed by atoms with Crippen molar-refractivity contribution in [3.63, 3.8) is 0 Å². The molecule has 0 heterocycles. The molecule has 26 heavy (non-hydrogen) atoms. The van der Waals surface area contributed by atoms with Crippen molar-refractivity contribution in [1.29, 1.82) is 0 Å². The first-order valence-corrected chi connectivity index (χ1v) is 9.30. The molecule has 0 aliphatic carbocycles. The van der Waals surface area contributed by atoms with Gasteiger partial charge in [0.2, 0.25) is 0 Å². The predicted molar refractivity (Wildman–Crippen MR) is 114 cm³/mol. The van der Waals surface area contributed by atoms with Crippen molar-refractivity contribution in [3.8, 4) is 22.3 Å². The Bertz CT molecular complexity index is 760. The van der Waals surface area contributed by atoms with E-state index < -0.39 is 0 Å². The highest BCUT2D eigenvalue weighted by Crippen LogP contribution is 2.26. The largest absolute Gasteiger partial charge is 0.103 e. The van der Waals surface area contributed by atoms with Gasteiger partial charge in [-0.25, -0.2) is 0 Å². The highest BCUT2D eigenvalue weighted by molar-refractivity contribution is 5.70. The first kappa shape index (κ1) is 17.9. The van der Waals surface area contributed by atoms with Crippen LogP contribution in [0.2, 0.25) is 0 Å². The van der Waals surface area contributed by atoms with Gasteiger partial charge in [-0.3, -0.25) is 0 Å². The van der Waals surface area contributed by atoms with Gasteiger partial charge in [0.25, 0.3) is 0 Å². The Morgan fingerprint density at radius 3 is 1.00 bits per heavy atom. The zero-order valence-corrected chi connectivity index (χ0v) is 15.3. The molecule has 0 saturated heterocycles. The van der Waals surface area contributed by atoms with Gasteiger partial charge >= 0.3 is 0 Å². The second-order valence-electron chi connectivity index (χ2n) is 6.63. The lowest BCUT2D eigenvalue weighted by atomic mass is 9.98. The molecule has 0 saturated carbocycles. The lowest BCUT2D eigenvalue weighted by Crippen LogP contribution is -1.85. The molecule has 0 nitrogen and oxygen atoms in total. The van der Waals surface area contributed by atoms with E-state index in [1.807, 2.05) is 12.2 Å². The van der Waals surface area contributed by atoms with E-state index in [-0.39, 0.29) is 0 Å². The van der Waals surface area contributed by atoms with Crippen molar-refractivity contribution in [2.45, 2.75) is 25.7 Å². The Hall–Kier alpha value is -2.86. The number of benzene rings is 3. The number of hydrogen-bond acceptors (Lipinski definition) is 0. The molecule has 3 aromatic rings. The van der Waals surface area contributed by atoms with Gasteiger partial charge in [-0.15, -0.1) is 13.2 Å². The number of aryl methyl sites for hydroxylation is 2. The third-order valence-corrected chi connectivity index (χ3v) is 4.73. The van der Waals surface area contributed by atoms with Gasteiger partial charge in [0, 0.05) is 0 Å². The zero-order chi connectivity index (χ0) is 18.2. The molecule has 0 unspecified atom stereocenters. The van der Waals surface area contributed by atoms with Crippen molar-refractivity contribution < 1.29 is 0 Å². The molecule has 0 N–H and O–H groups in total. The first-order chi connectivity index (χ1) is 12.8. The molecule has 0 bridgehead atoms. The van der Waals surface area contributed by atoms with Crippen LogP contribution in [0.1, 0.15) is 24.0 Å². The molecule has 0 aliphatic rings.